The van der Waals surface area contributed by atoms with Crippen molar-refractivity contribution in [2.45, 2.75) is 46.0 Å². The van der Waals surface area contributed by atoms with E-state index in [0.717, 1.165) is 12.8 Å². The average Bonchev–Trinajstić information content (AvgIpc) is 2.43. The van der Waals surface area contributed by atoms with Gasteiger partial charge in [0.05, 0.1) is 12.5 Å². The van der Waals surface area contributed by atoms with Crippen molar-refractivity contribution in [3.8, 4) is 5.75 Å². The zero-order valence-electron chi connectivity index (χ0n) is 12.9. The van der Waals surface area contributed by atoms with Crippen molar-refractivity contribution in [3.05, 3.63) is 29.6 Å². The van der Waals surface area contributed by atoms with Crippen LogP contribution in [0.2, 0.25) is 0 Å². The summed E-state index contributed by atoms with van der Waals surface area (Å²) in [5.41, 5.74) is -0.259. The number of hydrogen-bond donors (Lipinski definition) is 1. The number of aliphatic carboxylic acids is 1. The topological polar surface area (TPSA) is 46.5 Å². The van der Waals surface area contributed by atoms with Crippen molar-refractivity contribution in [3.63, 3.8) is 0 Å². The molecule has 0 unspecified atom stereocenters. The van der Waals surface area contributed by atoms with Crippen LogP contribution in [0.5, 0.6) is 5.75 Å². The van der Waals surface area contributed by atoms with Crippen LogP contribution in [0.4, 0.5) is 4.39 Å². The third-order valence-corrected chi connectivity index (χ3v) is 4.81. The first-order chi connectivity index (χ1) is 9.80. The lowest BCUT2D eigenvalue weighted by molar-refractivity contribution is -0.152. The molecule has 0 heterocycles. The van der Waals surface area contributed by atoms with Crippen molar-refractivity contribution in [1.29, 1.82) is 0 Å². The average molecular weight is 294 g/mol. The van der Waals surface area contributed by atoms with E-state index < -0.39 is 17.2 Å². The van der Waals surface area contributed by atoms with Crippen molar-refractivity contribution in [1.82, 2.24) is 0 Å². The summed E-state index contributed by atoms with van der Waals surface area (Å²) in [4.78, 5) is 11.8. The first-order valence-corrected chi connectivity index (χ1v) is 7.34. The van der Waals surface area contributed by atoms with Crippen LogP contribution in [-0.4, -0.2) is 18.2 Å². The highest BCUT2D eigenvalue weighted by Crippen LogP contribution is 2.47. The van der Waals surface area contributed by atoms with E-state index in [2.05, 4.69) is 13.8 Å². The van der Waals surface area contributed by atoms with E-state index in [9.17, 15) is 14.3 Å². The Morgan fingerprint density at radius 3 is 2.43 bits per heavy atom. The van der Waals surface area contributed by atoms with E-state index in [0.29, 0.717) is 18.4 Å². The molecule has 1 saturated carbocycles. The summed E-state index contributed by atoms with van der Waals surface area (Å²) in [6.07, 6.45) is 3.11. The third kappa shape index (κ3) is 3.20. The van der Waals surface area contributed by atoms with Crippen LogP contribution in [-0.2, 0) is 11.2 Å². The lowest BCUT2D eigenvalue weighted by atomic mass is 9.63. The molecule has 21 heavy (non-hydrogen) atoms. The number of ether oxygens (including phenoxy) is 1. The van der Waals surface area contributed by atoms with Gasteiger partial charge in [0, 0.05) is 0 Å². The maximum Gasteiger partial charge on any atom is 0.309 e. The highest BCUT2D eigenvalue weighted by molar-refractivity contribution is 5.75. The van der Waals surface area contributed by atoms with Crippen molar-refractivity contribution < 1.29 is 19.0 Å². The first kappa shape index (κ1) is 15.8. The summed E-state index contributed by atoms with van der Waals surface area (Å²) >= 11 is 0. The second kappa shape index (κ2) is 5.66. The Hall–Kier alpha value is -1.58. The molecule has 0 aliphatic heterocycles. The van der Waals surface area contributed by atoms with E-state index in [1.807, 2.05) is 0 Å². The highest BCUT2D eigenvalue weighted by atomic mass is 19.1. The fourth-order valence-electron chi connectivity index (χ4n) is 3.09. The van der Waals surface area contributed by atoms with Gasteiger partial charge >= 0.3 is 5.97 Å². The maximum absolute atomic E-state index is 14.3. The largest absolute Gasteiger partial charge is 0.494 e. The predicted octanol–water partition coefficient (Wildman–Crippen LogP) is 4.05. The molecular weight excluding hydrogens is 271 g/mol. The van der Waals surface area contributed by atoms with Crippen molar-refractivity contribution >= 4 is 5.97 Å². The van der Waals surface area contributed by atoms with Gasteiger partial charge in [-0.1, -0.05) is 26.0 Å². The zero-order valence-corrected chi connectivity index (χ0v) is 12.9. The van der Waals surface area contributed by atoms with Gasteiger partial charge in [0.1, 0.15) is 0 Å². The van der Waals surface area contributed by atoms with E-state index in [-0.39, 0.29) is 17.6 Å². The lowest BCUT2D eigenvalue weighted by Gasteiger charge is -2.41. The summed E-state index contributed by atoms with van der Waals surface area (Å²) in [5, 5.41) is 9.68. The van der Waals surface area contributed by atoms with E-state index >= 15 is 0 Å². The Kier molecular flexibility index (Phi) is 4.26. The maximum atomic E-state index is 14.3. The monoisotopic (exact) mass is 294 g/mol. The molecule has 0 aromatic heterocycles. The molecule has 1 aliphatic carbocycles. The van der Waals surface area contributed by atoms with Gasteiger partial charge in [-0.25, -0.2) is 4.39 Å². The number of hydrogen-bond acceptors (Lipinski definition) is 2. The van der Waals surface area contributed by atoms with Gasteiger partial charge < -0.3 is 9.84 Å². The number of benzene rings is 1. The molecule has 0 bridgehead atoms. The predicted molar refractivity (Wildman–Crippen MR) is 79.0 cm³/mol. The second-order valence-corrected chi connectivity index (χ2v) is 6.86. The van der Waals surface area contributed by atoms with Gasteiger partial charge in [-0.05, 0) is 49.1 Å². The molecule has 1 aromatic rings. The van der Waals surface area contributed by atoms with Crippen molar-refractivity contribution in [2.24, 2.45) is 10.8 Å². The lowest BCUT2D eigenvalue weighted by Crippen LogP contribution is -2.39. The fraction of sp³-hybridized carbons (Fsp3) is 0.588. The Labute approximate surface area is 125 Å². The van der Waals surface area contributed by atoms with E-state index in [1.165, 1.54) is 7.11 Å². The number of halogens is 1. The van der Waals surface area contributed by atoms with Crippen LogP contribution in [0.25, 0.3) is 0 Å². The molecule has 2 rings (SSSR count). The molecule has 0 radical (unpaired) electrons. The van der Waals surface area contributed by atoms with Crippen LogP contribution in [0, 0.1) is 16.6 Å². The van der Waals surface area contributed by atoms with Gasteiger partial charge in [0.15, 0.2) is 11.6 Å². The smallest absolute Gasteiger partial charge is 0.309 e. The van der Waals surface area contributed by atoms with Gasteiger partial charge in [-0.3, -0.25) is 4.79 Å². The summed E-state index contributed by atoms with van der Waals surface area (Å²) in [6, 6.07) is 4.91. The molecule has 3 nitrogen and oxygen atoms in total. The van der Waals surface area contributed by atoms with Crippen LogP contribution in [0.1, 0.15) is 45.1 Å². The fourth-order valence-corrected chi connectivity index (χ4v) is 3.09. The first-order valence-electron chi connectivity index (χ1n) is 7.34. The molecule has 0 spiro atoms. The molecule has 1 aromatic carbocycles. The van der Waals surface area contributed by atoms with E-state index in [1.54, 1.807) is 18.2 Å². The highest BCUT2D eigenvalue weighted by Gasteiger charge is 2.44. The molecule has 0 atom stereocenters. The number of methoxy groups -OCH3 is 1. The van der Waals surface area contributed by atoms with Crippen molar-refractivity contribution in [2.75, 3.05) is 7.11 Å². The van der Waals surface area contributed by atoms with Crippen LogP contribution < -0.4 is 4.74 Å². The van der Waals surface area contributed by atoms with Gasteiger partial charge in [0.25, 0.3) is 0 Å². The Morgan fingerprint density at radius 1 is 1.29 bits per heavy atom. The second-order valence-electron chi connectivity index (χ2n) is 6.86. The molecule has 116 valence electrons. The minimum absolute atomic E-state index is 0.171. The van der Waals surface area contributed by atoms with Crippen LogP contribution in [0.3, 0.4) is 0 Å². The number of rotatable bonds is 4. The molecule has 1 N–H and O–H groups in total. The van der Waals surface area contributed by atoms with Gasteiger partial charge in [0.2, 0.25) is 0 Å². The zero-order chi connectivity index (χ0) is 15.7. The normalized spacial score (nSPS) is 20.0. The molecular formula is C17H23FO3. The SMILES string of the molecule is COc1cccc(CC2(C(=O)O)CCC(C)(C)CC2)c1F. The molecule has 1 aliphatic rings. The summed E-state index contributed by atoms with van der Waals surface area (Å²) in [7, 11) is 1.41. The number of carbonyl (C=O) groups is 1. The third-order valence-electron chi connectivity index (χ3n) is 4.81. The van der Waals surface area contributed by atoms with Crippen LogP contribution >= 0.6 is 0 Å². The number of carboxylic acid groups (broad SMARTS) is 1. The molecule has 1 fully saturated rings. The Morgan fingerprint density at radius 2 is 1.90 bits per heavy atom. The minimum Gasteiger partial charge on any atom is -0.494 e. The Bertz CT molecular complexity index is 527. The quantitative estimate of drug-likeness (QED) is 0.911. The summed E-state index contributed by atoms with van der Waals surface area (Å²) in [6.45, 7) is 4.32. The molecule has 0 amide bonds. The summed E-state index contributed by atoms with van der Waals surface area (Å²) in [5.74, 6) is -1.09. The van der Waals surface area contributed by atoms with Gasteiger partial charge in [-0.2, -0.15) is 0 Å². The standard InChI is InChI=1S/C17H23FO3/c1-16(2)7-9-17(10-8-16,15(19)20)11-12-5-4-6-13(21-3)14(12)18/h4-6H,7-11H2,1-3H3,(H,19,20). The van der Waals surface area contributed by atoms with E-state index in [4.69, 9.17) is 4.74 Å². The molecule has 0 saturated heterocycles. The van der Waals surface area contributed by atoms with Crippen LogP contribution in [0.15, 0.2) is 18.2 Å². The molecule has 4 heteroatoms. The Balaban J connectivity index is 2.28. The summed E-state index contributed by atoms with van der Waals surface area (Å²) < 4.78 is 19.3. The van der Waals surface area contributed by atoms with Gasteiger partial charge in [-0.15, -0.1) is 0 Å². The minimum atomic E-state index is -0.858. The number of carboxylic acids is 1.